The molecular weight excluding hydrogens is 244 g/mol. The average Bonchev–Trinajstić information content (AvgIpc) is 2.46. The highest BCUT2D eigenvalue weighted by Crippen LogP contribution is 2.17. The highest BCUT2D eigenvalue weighted by molar-refractivity contribution is 5.79. The van der Waals surface area contributed by atoms with E-state index in [1.165, 1.54) is 0 Å². The molecule has 6 nitrogen and oxygen atoms in total. The molecule has 1 unspecified atom stereocenters. The van der Waals surface area contributed by atoms with Gasteiger partial charge in [0.1, 0.15) is 0 Å². The molecule has 2 heterocycles. The molecule has 1 amide bonds. The zero-order valence-corrected chi connectivity index (χ0v) is 11.4. The van der Waals surface area contributed by atoms with Crippen LogP contribution >= 0.6 is 0 Å². The second kappa shape index (κ2) is 6.36. The van der Waals surface area contributed by atoms with Crippen LogP contribution in [0.4, 0.5) is 5.95 Å². The van der Waals surface area contributed by atoms with Gasteiger partial charge in [0.25, 0.3) is 0 Å². The van der Waals surface area contributed by atoms with E-state index < -0.39 is 0 Å². The van der Waals surface area contributed by atoms with Gasteiger partial charge in [-0.1, -0.05) is 0 Å². The normalized spacial score (nSPS) is 18.8. The highest BCUT2D eigenvalue weighted by atomic mass is 16.5. The van der Waals surface area contributed by atoms with Gasteiger partial charge in [-0.15, -0.1) is 0 Å². The molecule has 1 fully saturated rings. The second-order valence-electron chi connectivity index (χ2n) is 4.57. The number of nitrogens with zero attached hydrogens (tertiary/aromatic N) is 3. The summed E-state index contributed by atoms with van der Waals surface area (Å²) < 4.78 is 5.10. The molecule has 0 spiro atoms. The molecular formula is C13H20N4O2. The summed E-state index contributed by atoms with van der Waals surface area (Å²) in [6, 6.07) is 1.71. The molecule has 0 aromatic carbocycles. The third-order valence-electron chi connectivity index (χ3n) is 3.33. The predicted molar refractivity (Wildman–Crippen MR) is 72.2 cm³/mol. The van der Waals surface area contributed by atoms with Crippen LogP contribution in [-0.2, 0) is 4.79 Å². The van der Waals surface area contributed by atoms with Gasteiger partial charge in [-0.2, -0.15) is 4.98 Å². The Bertz CT molecular complexity index is 438. The van der Waals surface area contributed by atoms with E-state index in [9.17, 15) is 4.79 Å². The van der Waals surface area contributed by atoms with Gasteiger partial charge in [0.15, 0.2) is 0 Å². The molecule has 6 heteroatoms. The Hall–Kier alpha value is -1.85. The molecule has 19 heavy (non-hydrogen) atoms. The number of methoxy groups -OCH3 is 1. The lowest BCUT2D eigenvalue weighted by molar-refractivity contribution is -0.126. The standard InChI is InChI=1S/C13H20N4O2/c1-3-17(9-10-5-4-7-14-12(10)18)13-15-8-6-11(16-13)19-2/h6,8,10H,3-5,7,9H2,1-2H3,(H,14,18). The highest BCUT2D eigenvalue weighted by Gasteiger charge is 2.25. The maximum absolute atomic E-state index is 11.8. The van der Waals surface area contributed by atoms with Crippen molar-refractivity contribution in [3.05, 3.63) is 12.3 Å². The van der Waals surface area contributed by atoms with E-state index in [1.807, 2.05) is 11.8 Å². The van der Waals surface area contributed by atoms with Crippen molar-refractivity contribution >= 4 is 11.9 Å². The first-order valence-corrected chi connectivity index (χ1v) is 6.64. The fourth-order valence-electron chi connectivity index (χ4n) is 2.23. The number of ether oxygens (including phenoxy) is 1. The molecule has 1 aromatic rings. The summed E-state index contributed by atoms with van der Waals surface area (Å²) in [7, 11) is 1.58. The molecule has 1 aromatic heterocycles. The van der Waals surface area contributed by atoms with Crippen molar-refractivity contribution in [3.8, 4) is 5.88 Å². The number of hydrogen-bond donors (Lipinski definition) is 1. The Morgan fingerprint density at radius 2 is 2.42 bits per heavy atom. The van der Waals surface area contributed by atoms with Crippen molar-refractivity contribution in [1.82, 2.24) is 15.3 Å². The van der Waals surface area contributed by atoms with Crippen molar-refractivity contribution in [1.29, 1.82) is 0 Å². The van der Waals surface area contributed by atoms with Gasteiger partial charge in [0, 0.05) is 31.9 Å². The van der Waals surface area contributed by atoms with E-state index >= 15 is 0 Å². The lowest BCUT2D eigenvalue weighted by Crippen LogP contribution is -2.43. The number of nitrogens with one attached hydrogen (secondary N) is 1. The summed E-state index contributed by atoms with van der Waals surface area (Å²) >= 11 is 0. The van der Waals surface area contributed by atoms with Gasteiger partial charge in [-0.3, -0.25) is 4.79 Å². The lowest BCUT2D eigenvalue weighted by atomic mass is 9.98. The molecule has 0 aliphatic carbocycles. The number of anilines is 1. The van der Waals surface area contributed by atoms with Crippen LogP contribution in [0.15, 0.2) is 12.3 Å². The van der Waals surface area contributed by atoms with Gasteiger partial charge >= 0.3 is 0 Å². The van der Waals surface area contributed by atoms with Crippen LogP contribution in [0.1, 0.15) is 19.8 Å². The van der Waals surface area contributed by atoms with Crippen LogP contribution in [0.2, 0.25) is 0 Å². The number of hydrogen-bond acceptors (Lipinski definition) is 5. The summed E-state index contributed by atoms with van der Waals surface area (Å²) in [5.41, 5.74) is 0. The Kier molecular flexibility index (Phi) is 4.54. The monoisotopic (exact) mass is 264 g/mol. The number of carbonyl (C=O) groups is 1. The Morgan fingerprint density at radius 3 is 3.11 bits per heavy atom. The van der Waals surface area contributed by atoms with E-state index in [0.29, 0.717) is 18.4 Å². The van der Waals surface area contributed by atoms with E-state index in [-0.39, 0.29) is 11.8 Å². The maximum atomic E-state index is 11.8. The third kappa shape index (κ3) is 3.33. The minimum absolute atomic E-state index is 0.0171. The first-order chi connectivity index (χ1) is 9.24. The van der Waals surface area contributed by atoms with Crippen molar-refractivity contribution < 1.29 is 9.53 Å². The quantitative estimate of drug-likeness (QED) is 0.853. The van der Waals surface area contributed by atoms with Gasteiger partial charge < -0.3 is 15.0 Å². The topological polar surface area (TPSA) is 67.4 Å². The molecule has 1 N–H and O–H groups in total. The Morgan fingerprint density at radius 1 is 1.58 bits per heavy atom. The summed E-state index contributed by atoms with van der Waals surface area (Å²) in [6.45, 7) is 4.23. The molecule has 1 aliphatic heterocycles. The number of rotatable bonds is 5. The van der Waals surface area contributed by atoms with Crippen LogP contribution < -0.4 is 15.0 Å². The van der Waals surface area contributed by atoms with Gasteiger partial charge in [0.05, 0.1) is 13.0 Å². The van der Waals surface area contributed by atoms with Gasteiger partial charge in [-0.25, -0.2) is 4.98 Å². The van der Waals surface area contributed by atoms with Crippen LogP contribution in [-0.4, -0.2) is 42.6 Å². The smallest absolute Gasteiger partial charge is 0.228 e. The first-order valence-electron chi connectivity index (χ1n) is 6.64. The Labute approximate surface area is 113 Å². The van der Waals surface area contributed by atoms with Crippen LogP contribution in [0.3, 0.4) is 0 Å². The van der Waals surface area contributed by atoms with Gasteiger partial charge in [0.2, 0.25) is 17.7 Å². The molecule has 2 rings (SSSR count). The second-order valence-corrected chi connectivity index (χ2v) is 4.57. The third-order valence-corrected chi connectivity index (χ3v) is 3.33. The Balaban J connectivity index is 2.08. The zero-order valence-electron chi connectivity index (χ0n) is 11.4. The predicted octanol–water partition coefficient (Wildman–Crippen LogP) is 0.838. The largest absolute Gasteiger partial charge is 0.481 e. The van der Waals surface area contributed by atoms with E-state index in [2.05, 4.69) is 15.3 Å². The van der Waals surface area contributed by atoms with E-state index in [1.54, 1.807) is 19.4 Å². The summed E-state index contributed by atoms with van der Waals surface area (Å²) in [5, 5.41) is 2.90. The fourth-order valence-corrected chi connectivity index (χ4v) is 2.23. The molecule has 0 radical (unpaired) electrons. The van der Waals surface area contributed by atoms with Crippen molar-refractivity contribution in [2.24, 2.45) is 5.92 Å². The van der Waals surface area contributed by atoms with Gasteiger partial charge in [-0.05, 0) is 19.8 Å². The van der Waals surface area contributed by atoms with Crippen molar-refractivity contribution in [2.45, 2.75) is 19.8 Å². The summed E-state index contributed by atoms with van der Waals surface area (Å²) in [5.74, 6) is 1.30. The minimum Gasteiger partial charge on any atom is -0.481 e. The van der Waals surface area contributed by atoms with Crippen LogP contribution in [0, 0.1) is 5.92 Å². The molecule has 0 bridgehead atoms. The maximum Gasteiger partial charge on any atom is 0.228 e. The van der Waals surface area contributed by atoms with Crippen LogP contribution in [0.5, 0.6) is 5.88 Å². The molecule has 1 aliphatic rings. The molecule has 0 saturated carbocycles. The van der Waals surface area contributed by atoms with E-state index in [0.717, 1.165) is 25.9 Å². The zero-order chi connectivity index (χ0) is 13.7. The fraction of sp³-hybridized carbons (Fsp3) is 0.615. The lowest BCUT2D eigenvalue weighted by Gasteiger charge is -2.28. The van der Waals surface area contributed by atoms with Crippen molar-refractivity contribution in [3.63, 3.8) is 0 Å². The first kappa shape index (κ1) is 13.6. The number of aromatic nitrogens is 2. The van der Waals surface area contributed by atoms with Crippen molar-refractivity contribution in [2.75, 3.05) is 31.6 Å². The summed E-state index contributed by atoms with van der Waals surface area (Å²) in [4.78, 5) is 22.4. The van der Waals surface area contributed by atoms with E-state index in [4.69, 9.17) is 4.74 Å². The molecule has 1 atom stereocenters. The average molecular weight is 264 g/mol. The van der Waals surface area contributed by atoms with Crippen LogP contribution in [0.25, 0.3) is 0 Å². The summed E-state index contributed by atoms with van der Waals surface area (Å²) in [6.07, 6.45) is 3.63. The SMILES string of the molecule is CCN(CC1CCCNC1=O)c1nccc(OC)n1. The number of piperidine rings is 1. The molecule has 104 valence electrons. The minimum atomic E-state index is 0.0171. The number of amides is 1. The number of carbonyl (C=O) groups excluding carboxylic acids is 1. The molecule has 1 saturated heterocycles.